The SMILES string of the molecule is CSc1cccc(NC(C)CCc2ccccc2)c1. The molecule has 19 heavy (non-hydrogen) atoms. The molecule has 0 spiro atoms. The fraction of sp³-hybridized carbons (Fsp3) is 0.294. The van der Waals surface area contributed by atoms with Crippen molar-refractivity contribution in [2.45, 2.75) is 30.7 Å². The minimum Gasteiger partial charge on any atom is -0.383 e. The number of benzene rings is 2. The molecule has 0 aliphatic heterocycles. The number of nitrogens with one attached hydrogen (secondary N) is 1. The van der Waals surface area contributed by atoms with Gasteiger partial charge in [-0.3, -0.25) is 0 Å². The van der Waals surface area contributed by atoms with Crippen molar-refractivity contribution in [1.82, 2.24) is 0 Å². The summed E-state index contributed by atoms with van der Waals surface area (Å²) in [5, 5.41) is 3.57. The van der Waals surface area contributed by atoms with E-state index in [4.69, 9.17) is 0 Å². The monoisotopic (exact) mass is 271 g/mol. The highest BCUT2D eigenvalue weighted by atomic mass is 32.2. The molecular weight excluding hydrogens is 250 g/mol. The van der Waals surface area contributed by atoms with Gasteiger partial charge in [-0.05, 0) is 49.8 Å². The van der Waals surface area contributed by atoms with Gasteiger partial charge in [0.2, 0.25) is 0 Å². The predicted octanol–water partition coefficient (Wildman–Crippen LogP) is 4.84. The first-order valence-electron chi connectivity index (χ1n) is 6.72. The summed E-state index contributed by atoms with van der Waals surface area (Å²) in [7, 11) is 0. The average molecular weight is 271 g/mol. The molecule has 1 atom stereocenters. The third-order valence-corrected chi connectivity index (χ3v) is 3.92. The molecule has 1 unspecified atom stereocenters. The van der Waals surface area contributed by atoms with Crippen LogP contribution in [-0.2, 0) is 6.42 Å². The molecule has 1 nitrogen and oxygen atoms in total. The Hall–Kier alpha value is -1.41. The van der Waals surface area contributed by atoms with Crippen LogP contribution in [0.4, 0.5) is 5.69 Å². The molecule has 2 rings (SSSR count). The molecule has 0 radical (unpaired) electrons. The van der Waals surface area contributed by atoms with Crippen LogP contribution in [0.3, 0.4) is 0 Å². The van der Waals surface area contributed by atoms with Crippen molar-refractivity contribution in [3.63, 3.8) is 0 Å². The van der Waals surface area contributed by atoms with Crippen LogP contribution in [0.1, 0.15) is 18.9 Å². The molecule has 2 heteroatoms. The number of thioether (sulfide) groups is 1. The zero-order chi connectivity index (χ0) is 13.5. The van der Waals surface area contributed by atoms with Crippen molar-refractivity contribution in [3.8, 4) is 0 Å². The fourth-order valence-corrected chi connectivity index (χ4v) is 2.56. The van der Waals surface area contributed by atoms with Crippen LogP contribution < -0.4 is 5.32 Å². The Morgan fingerprint density at radius 2 is 1.84 bits per heavy atom. The lowest BCUT2D eigenvalue weighted by Crippen LogP contribution is -2.15. The zero-order valence-corrected chi connectivity index (χ0v) is 12.4. The van der Waals surface area contributed by atoms with Gasteiger partial charge < -0.3 is 5.32 Å². The van der Waals surface area contributed by atoms with Crippen LogP contribution in [0.15, 0.2) is 59.5 Å². The van der Waals surface area contributed by atoms with Crippen molar-refractivity contribution in [3.05, 3.63) is 60.2 Å². The van der Waals surface area contributed by atoms with E-state index in [1.165, 1.54) is 16.1 Å². The van der Waals surface area contributed by atoms with E-state index in [1.54, 1.807) is 11.8 Å². The van der Waals surface area contributed by atoms with Gasteiger partial charge in [0.25, 0.3) is 0 Å². The van der Waals surface area contributed by atoms with E-state index in [2.05, 4.69) is 73.1 Å². The second kappa shape index (κ2) is 7.25. The molecular formula is C17H21NS. The number of hydrogen-bond acceptors (Lipinski definition) is 2. The molecule has 0 amide bonds. The quantitative estimate of drug-likeness (QED) is 0.754. The molecule has 0 bridgehead atoms. The second-order valence-electron chi connectivity index (χ2n) is 4.80. The van der Waals surface area contributed by atoms with Gasteiger partial charge in [-0.15, -0.1) is 11.8 Å². The van der Waals surface area contributed by atoms with Gasteiger partial charge in [0.1, 0.15) is 0 Å². The Kier molecular flexibility index (Phi) is 5.34. The van der Waals surface area contributed by atoms with E-state index < -0.39 is 0 Å². The van der Waals surface area contributed by atoms with Crippen LogP contribution in [0.25, 0.3) is 0 Å². The van der Waals surface area contributed by atoms with E-state index >= 15 is 0 Å². The summed E-state index contributed by atoms with van der Waals surface area (Å²) < 4.78 is 0. The maximum Gasteiger partial charge on any atom is 0.0353 e. The Labute approximate surface area is 120 Å². The summed E-state index contributed by atoms with van der Waals surface area (Å²) in [6.07, 6.45) is 4.38. The third-order valence-electron chi connectivity index (χ3n) is 3.19. The van der Waals surface area contributed by atoms with E-state index in [1.807, 2.05) is 0 Å². The Morgan fingerprint density at radius 3 is 2.58 bits per heavy atom. The maximum absolute atomic E-state index is 3.57. The predicted molar refractivity (Wildman–Crippen MR) is 86.1 cm³/mol. The van der Waals surface area contributed by atoms with Crippen molar-refractivity contribution in [2.75, 3.05) is 11.6 Å². The number of rotatable bonds is 6. The standard InChI is InChI=1S/C17H21NS/c1-14(11-12-15-7-4-3-5-8-15)18-16-9-6-10-17(13-16)19-2/h3-10,13-14,18H,11-12H2,1-2H3. The molecule has 100 valence electrons. The average Bonchev–Trinajstić information content (AvgIpc) is 2.46. The molecule has 0 saturated carbocycles. The number of anilines is 1. The van der Waals surface area contributed by atoms with Gasteiger partial charge in [-0.2, -0.15) is 0 Å². The summed E-state index contributed by atoms with van der Waals surface area (Å²) in [6, 6.07) is 19.8. The Morgan fingerprint density at radius 1 is 1.05 bits per heavy atom. The smallest absolute Gasteiger partial charge is 0.0353 e. The molecule has 0 fully saturated rings. The van der Waals surface area contributed by atoms with Gasteiger partial charge in [0.15, 0.2) is 0 Å². The highest BCUT2D eigenvalue weighted by Crippen LogP contribution is 2.20. The Balaban J connectivity index is 1.85. The highest BCUT2D eigenvalue weighted by Gasteiger charge is 2.03. The van der Waals surface area contributed by atoms with Crippen LogP contribution in [0.2, 0.25) is 0 Å². The summed E-state index contributed by atoms with van der Waals surface area (Å²) in [6.45, 7) is 2.24. The fourth-order valence-electron chi connectivity index (χ4n) is 2.10. The summed E-state index contributed by atoms with van der Waals surface area (Å²) in [4.78, 5) is 1.31. The molecule has 0 saturated heterocycles. The molecule has 0 heterocycles. The van der Waals surface area contributed by atoms with Gasteiger partial charge in [-0.1, -0.05) is 36.4 Å². The number of hydrogen-bond donors (Lipinski definition) is 1. The van der Waals surface area contributed by atoms with E-state index in [0.717, 1.165) is 12.8 Å². The van der Waals surface area contributed by atoms with Crippen LogP contribution >= 0.6 is 11.8 Å². The minimum absolute atomic E-state index is 0.484. The molecule has 0 aliphatic carbocycles. The second-order valence-corrected chi connectivity index (χ2v) is 5.68. The lowest BCUT2D eigenvalue weighted by molar-refractivity contribution is 0.706. The maximum atomic E-state index is 3.57. The van der Waals surface area contributed by atoms with Crippen molar-refractivity contribution < 1.29 is 0 Å². The van der Waals surface area contributed by atoms with Crippen LogP contribution in [-0.4, -0.2) is 12.3 Å². The third kappa shape index (κ3) is 4.64. The normalized spacial score (nSPS) is 12.1. The Bertz CT molecular complexity index is 496. The molecule has 0 aliphatic rings. The van der Waals surface area contributed by atoms with Gasteiger partial charge in [0, 0.05) is 16.6 Å². The lowest BCUT2D eigenvalue weighted by Gasteiger charge is -2.15. The summed E-state index contributed by atoms with van der Waals surface area (Å²) >= 11 is 1.78. The lowest BCUT2D eigenvalue weighted by atomic mass is 10.1. The van der Waals surface area contributed by atoms with Gasteiger partial charge in [0.05, 0.1) is 0 Å². The van der Waals surface area contributed by atoms with Gasteiger partial charge in [-0.25, -0.2) is 0 Å². The van der Waals surface area contributed by atoms with Crippen molar-refractivity contribution in [1.29, 1.82) is 0 Å². The zero-order valence-electron chi connectivity index (χ0n) is 11.6. The largest absolute Gasteiger partial charge is 0.383 e. The van der Waals surface area contributed by atoms with Crippen LogP contribution in [0, 0.1) is 0 Å². The highest BCUT2D eigenvalue weighted by molar-refractivity contribution is 7.98. The number of aryl methyl sites for hydroxylation is 1. The topological polar surface area (TPSA) is 12.0 Å². The molecule has 2 aromatic rings. The first kappa shape index (κ1) is 14.0. The van der Waals surface area contributed by atoms with Crippen LogP contribution in [0.5, 0.6) is 0 Å². The summed E-state index contributed by atoms with van der Waals surface area (Å²) in [5.41, 5.74) is 2.63. The minimum atomic E-state index is 0.484. The van der Waals surface area contributed by atoms with Crippen molar-refractivity contribution in [2.24, 2.45) is 0 Å². The summed E-state index contributed by atoms with van der Waals surface area (Å²) in [5.74, 6) is 0. The van der Waals surface area contributed by atoms with Gasteiger partial charge >= 0.3 is 0 Å². The molecule has 2 aromatic carbocycles. The van der Waals surface area contributed by atoms with Crippen molar-refractivity contribution >= 4 is 17.4 Å². The molecule has 1 N–H and O–H groups in total. The first-order chi connectivity index (χ1) is 9.28. The first-order valence-corrected chi connectivity index (χ1v) is 7.95. The van der Waals surface area contributed by atoms with E-state index in [9.17, 15) is 0 Å². The van der Waals surface area contributed by atoms with E-state index in [-0.39, 0.29) is 0 Å². The molecule has 0 aromatic heterocycles. The van der Waals surface area contributed by atoms with E-state index in [0.29, 0.717) is 6.04 Å².